The Hall–Kier alpha value is -2.29. The van der Waals surface area contributed by atoms with E-state index in [2.05, 4.69) is 0 Å². The zero-order valence-electron chi connectivity index (χ0n) is 12.3. The van der Waals surface area contributed by atoms with Crippen LogP contribution in [0.15, 0.2) is 54.6 Å². The molecule has 0 radical (unpaired) electrons. The van der Waals surface area contributed by atoms with Crippen LogP contribution in [0.2, 0.25) is 0 Å². The molecule has 2 aromatic carbocycles. The molecule has 3 rings (SSSR count). The van der Waals surface area contributed by atoms with E-state index in [9.17, 15) is 4.79 Å². The first-order chi connectivity index (χ1) is 10.2. The van der Waals surface area contributed by atoms with Crippen LogP contribution in [0.1, 0.15) is 24.1 Å². The summed E-state index contributed by atoms with van der Waals surface area (Å²) in [6.07, 6.45) is 0.250. The summed E-state index contributed by atoms with van der Waals surface area (Å²) in [5.41, 5.74) is 2.24. The predicted octanol–water partition coefficient (Wildman–Crippen LogP) is 3.21. The normalized spacial score (nSPS) is 17.7. The Labute approximate surface area is 125 Å². The minimum atomic E-state index is -0.404. The second-order valence-corrected chi connectivity index (χ2v) is 5.45. The van der Waals surface area contributed by atoms with Crippen LogP contribution >= 0.6 is 0 Å². The lowest BCUT2D eigenvalue weighted by atomic mass is 10.1. The van der Waals surface area contributed by atoms with Crippen molar-refractivity contribution in [1.82, 2.24) is 4.90 Å². The van der Waals surface area contributed by atoms with Crippen molar-refractivity contribution in [3.05, 3.63) is 65.7 Å². The maximum Gasteiger partial charge on any atom is 0.264 e. The summed E-state index contributed by atoms with van der Waals surface area (Å²) in [5.74, 6) is 0.860. The highest BCUT2D eigenvalue weighted by atomic mass is 16.5. The summed E-state index contributed by atoms with van der Waals surface area (Å²) in [6.45, 7) is 2.04. The average molecular weight is 281 g/mol. The molecule has 0 N–H and O–H groups in total. The number of amides is 1. The van der Waals surface area contributed by atoms with Crippen molar-refractivity contribution in [2.45, 2.75) is 25.5 Å². The molecular weight excluding hydrogens is 262 g/mol. The Morgan fingerprint density at radius 1 is 1.14 bits per heavy atom. The van der Waals surface area contributed by atoms with Gasteiger partial charge in [0.15, 0.2) is 6.10 Å². The first-order valence-corrected chi connectivity index (χ1v) is 7.23. The highest BCUT2D eigenvalue weighted by Crippen LogP contribution is 2.30. The smallest absolute Gasteiger partial charge is 0.264 e. The van der Waals surface area contributed by atoms with E-state index in [4.69, 9.17) is 4.74 Å². The summed E-state index contributed by atoms with van der Waals surface area (Å²) >= 11 is 0. The van der Waals surface area contributed by atoms with Gasteiger partial charge in [0.05, 0.1) is 6.04 Å². The molecule has 2 atom stereocenters. The Balaban J connectivity index is 1.72. The van der Waals surface area contributed by atoms with Crippen molar-refractivity contribution in [2.75, 3.05) is 7.05 Å². The Kier molecular flexibility index (Phi) is 3.65. The summed E-state index contributed by atoms with van der Waals surface area (Å²) in [6, 6.07) is 17.9. The zero-order valence-corrected chi connectivity index (χ0v) is 12.3. The lowest BCUT2D eigenvalue weighted by molar-refractivity contribution is -0.138. The van der Waals surface area contributed by atoms with Gasteiger partial charge in [-0.3, -0.25) is 4.79 Å². The van der Waals surface area contributed by atoms with Gasteiger partial charge in [-0.25, -0.2) is 0 Å². The van der Waals surface area contributed by atoms with Crippen LogP contribution < -0.4 is 4.74 Å². The maximum absolute atomic E-state index is 12.6. The highest BCUT2D eigenvalue weighted by molar-refractivity contribution is 5.82. The van der Waals surface area contributed by atoms with Crippen LogP contribution in [0.5, 0.6) is 5.75 Å². The van der Waals surface area contributed by atoms with Crippen LogP contribution in [0.25, 0.3) is 0 Å². The summed E-state index contributed by atoms with van der Waals surface area (Å²) < 4.78 is 5.78. The molecule has 0 saturated heterocycles. The molecule has 108 valence electrons. The van der Waals surface area contributed by atoms with Crippen LogP contribution in [-0.4, -0.2) is 24.0 Å². The van der Waals surface area contributed by atoms with Crippen LogP contribution in [-0.2, 0) is 11.2 Å². The molecule has 1 heterocycles. The molecule has 21 heavy (non-hydrogen) atoms. The van der Waals surface area contributed by atoms with Gasteiger partial charge in [0, 0.05) is 13.5 Å². The van der Waals surface area contributed by atoms with Gasteiger partial charge in [0.25, 0.3) is 5.91 Å². The minimum absolute atomic E-state index is 0.0301. The van der Waals surface area contributed by atoms with Gasteiger partial charge >= 0.3 is 0 Å². The van der Waals surface area contributed by atoms with Gasteiger partial charge in [-0.15, -0.1) is 0 Å². The second kappa shape index (κ2) is 5.60. The molecule has 1 aliphatic heterocycles. The number of rotatable bonds is 3. The van der Waals surface area contributed by atoms with Gasteiger partial charge in [0.2, 0.25) is 0 Å². The largest absolute Gasteiger partial charge is 0.480 e. The van der Waals surface area contributed by atoms with Crippen molar-refractivity contribution in [3.8, 4) is 5.75 Å². The van der Waals surface area contributed by atoms with Gasteiger partial charge in [-0.1, -0.05) is 48.5 Å². The van der Waals surface area contributed by atoms with Gasteiger partial charge in [-0.2, -0.15) is 0 Å². The number of hydrogen-bond donors (Lipinski definition) is 0. The molecule has 0 aromatic heterocycles. The minimum Gasteiger partial charge on any atom is -0.480 e. The van der Waals surface area contributed by atoms with Crippen molar-refractivity contribution in [3.63, 3.8) is 0 Å². The molecule has 0 aliphatic carbocycles. The van der Waals surface area contributed by atoms with E-state index in [1.54, 1.807) is 4.90 Å². The number of hydrogen-bond acceptors (Lipinski definition) is 2. The lowest BCUT2D eigenvalue weighted by Gasteiger charge is -2.27. The van der Waals surface area contributed by atoms with Crippen LogP contribution in [0.3, 0.4) is 0 Å². The molecule has 0 spiro atoms. The number of para-hydroxylation sites is 1. The number of fused-ring (bicyclic) bond motifs is 1. The zero-order chi connectivity index (χ0) is 14.8. The summed E-state index contributed by atoms with van der Waals surface area (Å²) in [4.78, 5) is 14.4. The topological polar surface area (TPSA) is 29.5 Å². The van der Waals surface area contributed by atoms with Crippen molar-refractivity contribution in [1.29, 1.82) is 0 Å². The van der Waals surface area contributed by atoms with Crippen LogP contribution in [0.4, 0.5) is 0 Å². The van der Waals surface area contributed by atoms with E-state index in [0.717, 1.165) is 16.9 Å². The second-order valence-electron chi connectivity index (χ2n) is 5.45. The van der Waals surface area contributed by atoms with Gasteiger partial charge in [0.1, 0.15) is 5.75 Å². The molecule has 3 heteroatoms. The first-order valence-electron chi connectivity index (χ1n) is 7.23. The van der Waals surface area contributed by atoms with E-state index in [1.807, 2.05) is 68.6 Å². The number of nitrogens with zero attached hydrogens (tertiary/aromatic N) is 1. The molecule has 1 aliphatic rings. The molecule has 1 amide bonds. The average Bonchev–Trinajstić information content (AvgIpc) is 2.97. The van der Waals surface area contributed by atoms with Gasteiger partial charge < -0.3 is 9.64 Å². The number of carbonyl (C=O) groups excluding carboxylic acids is 1. The molecular formula is C18H19NO2. The first kappa shape index (κ1) is 13.7. The number of likely N-dealkylation sites (N-methyl/N-ethyl adjacent to an activating group) is 1. The fourth-order valence-corrected chi connectivity index (χ4v) is 2.69. The quantitative estimate of drug-likeness (QED) is 0.864. The third kappa shape index (κ3) is 2.64. The highest BCUT2D eigenvalue weighted by Gasteiger charge is 2.32. The number of carbonyl (C=O) groups is 1. The Bertz CT molecular complexity index is 614. The monoisotopic (exact) mass is 281 g/mol. The third-order valence-corrected chi connectivity index (χ3v) is 4.13. The fourth-order valence-electron chi connectivity index (χ4n) is 2.69. The van der Waals surface area contributed by atoms with E-state index in [-0.39, 0.29) is 11.9 Å². The van der Waals surface area contributed by atoms with Crippen molar-refractivity contribution < 1.29 is 9.53 Å². The number of ether oxygens (including phenoxy) is 1. The maximum atomic E-state index is 12.6. The molecule has 3 nitrogen and oxygen atoms in total. The summed E-state index contributed by atoms with van der Waals surface area (Å²) in [5, 5.41) is 0. The fraction of sp³-hybridized carbons (Fsp3) is 0.278. The lowest BCUT2D eigenvalue weighted by Crippen LogP contribution is -2.40. The number of benzene rings is 2. The van der Waals surface area contributed by atoms with Gasteiger partial charge in [-0.05, 0) is 24.1 Å². The van der Waals surface area contributed by atoms with Crippen LogP contribution in [0, 0.1) is 0 Å². The molecule has 2 aromatic rings. The Morgan fingerprint density at radius 2 is 1.81 bits per heavy atom. The molecule has 0 unspecified atom stereocenters. The van der Waals surface area contributed by atoms with E-state index < -0.39 is 6.10 Å². The SMILES string of the molecule is C[C@H](c1ccccc1)N(C)C(=O)[C@@H]1Cc2ccccc2O1. The van der Waals surface area contributed by atoms with Crippen molar-refractivity contribution >= 4 is 5.91 Å². The third-order valence-electron chi connectivity index (χ3n) is 4.13. The molecule has 0 fully saturated rings. The van der Waals surface area contributed by atoms with E-state index in [1.165, 1.54) is 0 Å². The summed E-state index contributed by atoms with van der Waals surface area (Å²) in [7, 11) is 1.84. The van der Waals surface area contributed by atoms with E-state index in [0.29, 0.717) is 6.42 Å². The predicted molar refractivity (Wildman–Crippen MR) is 82.2 cm³/mol. The molecule has 0 saturated carbocycles. The van der Waals surface area contributed by atoms with Crippen molar-refractivity contribution in [2.24, 2.45) is 0 Å². The standard InChI is InChI=1S/C18H19NO2/c1-13(14-8-4-3-5-9-14)19(2)18(20)17-12-15-10-6-7-11-16(15)21-17/h3-11,13,17H,12H2,1-2H3/t13-,17+/m1/s1. The van der Waals surface area contributed by atoms with E-state index >= 15 is 0 Å². The Morgan fingerprint density at radius 3 is 2.52 bits per heavy atom. The molecule has 0 bridgehead atoms.